The Kier molecular flexibility index (Phi) is 3.69. The van der Waals surface area contributed by atoms with E-state index in [9.17, 15) is 4.79 Å². The summed E-state index contributed by atoms with van der Waals surface area (Å²) in [6.07, 6.45) is 1.49. The lowest BCUT2D eigenvalue weighted by molar-refractivity contribution is 0.242. The zero-order chi connectivity index (χ0) is 10.6. The van der Waals surface area contributed by atoms with Gasteiger partial charge in [0.05, 0.1) is 16.8 Å². The van der Waals surface area contributed by atoms with E-state index < -0.39 is 0 Å². The molecule has 0 atom stereocenters. The Bertz CT molecular complexity index is 370. The highest BCUT2D eigenvalue weighted by atomic mass is 35.5. The molecule has 3 nitrogen and oxygen atoms in total. The van der Waals surface area contributed by atoms with Gasteiger partial charge >= 0.3 is 0 Å². The van der Waals surface area contributed by atoms with Crippen LogP contribution in [0, 0.1) is 0 Å². The highest BCUT2D eigenvalue weighted by Gasteiger charge is 2.04. The van der Waals surface area contributed by atoms with Crippen molar-refractivity contribution in [2.45, 2.75) is 20.0 Å². The Labute approximate surface area is 87.4 Å². The standard InChI is InChI=1S/C10H10ClNO2/c1-7(2)14-10-5-8(12-6-13)3-4-9(10)11/h3-5,7H,1-2H3. The summed E-state index contributed by atoms with van der Waals surface area (Å²) in [6, 6.07) is 4.86. The first-order chi connectivity index (χ1) is 6.63. The first-order valence-corrected chi connectivity index (χ1v) is 4.55. The molecule has 1 aromatic rings. The van der Waals surface area contributed by atoms with Crippen molar-refractivity contribution in [3.05, 3.63) is 23.2 Å². The second-order valence-corrected chi connectivity index (χ2v) is 3.39. The number of nitrogens with zero attached hydrogens (tertiary/aromatic N) is 1. The minimum Gasteiger partial charge on any atom is -0.489 e. The van der Waals surface area contributed by atoms with Gasteiger partial charge in [-0.1, -0.05) is 11.6 Å². The van der Waals surface area contributed by atoms with Gasteiger partial charge in [-0.15, -0.1) is 0 Å². The Balaban J connectivity index is 3.01. The lowest BCUT2D eigenvalue weighted by Gasteiger charge is -2.11. The monoisotopic (exact) mass is 211 g/mol. The van der Waals surface area contributed by atoms with E-state index >= 15 is 0 Å². The average Bonchev–Trinajstić information content (AvgIpc) is 2.10. The van der Waals surface area contributed by atoms with Gasteiger partial charge in [-0.3, -0.25) is 0 Å². The molecule has 0 aromatic heterocycles. The lowest BCUT2D eigenvalue weighted by Crippen LogP contribution is -2.05. The van der Waals surface area contributed by atoms with Crippen LogP contribution >= 0.6 is 11.6 Å². The molecule has 0 aliphatic carbocycles. The second-order valence-electron chi connectivity index (χ2n) is 2.98. The van der Waals surface area contributed by atoms with Crippen LogP contribution in [0.1, 0.15) is 13.8 Å². The first-order valence-electron chi connectivity index (χ1n) is 4.17. The van der Waals surface area contributed by atoms with Crippen LogP contribution in [0.5, 0.6) is 5.75 Å². The quantitative estimate of drug-likeness (QED) is 0.569. The van der Waals surface area contributed by atoms with Crippen LogP contribution in [0.3, 0.4) is 0 Å². The first kappa shape index (κ1) is 10.8. The van der Waals surface area contributed by atoms with Crippen LogP contribution in [0.15, 0.2) is 23.2 Å². The topological polar surface area (TPSA) is 38.7 Å². The molecule has 1 rings (SSSR count). The van der Waals surface area contributed by atoms with Crippen molar-refractivity contribution in [3.63, 3.8) is 0 Å². The Morgan fingerprint density at radius 2 is 2.21 bits per heavy atom. The summed E-state index contributed by atoms with van der Waals surface area (Å²) < 4.78 is 5.41. The maximum atomic E-state index is 10.0. The SMILES string of the molecule is CC(C)Oc1cc(N=C=O)ccc1Cl. The number of hydrogen-bond donors (Lipinski definition) is 0. The number of rotatable bonds is 3. The zero-order valence-corrected chi connectivity index (χ0v) is 8.71. The molecule has 0 heterocycles. The van der Waals surface area contributed by atoms with E-state index in [-0.39, 0.29) is 6.10 Å². The van der Waals surface area contributed by atoms with Gasteiger partial charge in [0.25, 0.3) is 0 Å². The Hall–Kier alpha value is -1.31. The summed E-state index contributed by atoms with van der Waals surface area (Å²) in [4.78, 5) is 13.5. The minimum atomic E-state index is 0.0305. The molecule has 0 fully saturated rings. The van der Waals surface area contributed by atoms with Crippen LogP contribution in [-0.4, -0.2) is 12.2 Å². The molecule has 0 aliphatic rings. The predicted octanol–water partition coefficient (Wildman–Crippen LogP) is 3.09. The fourth-order valence-electron chi connectivity index (χ4n) is 0.959. The number of ether oxygens (including phenoxy) is 1. The van der Waals surface area contributed by atoms with Gasteiger partial charge in [0.1, 0.15) is 5.75 Å². The molecule has 0 amide bonds. The summed E-state index contributed by atoms with van der Waals surface area (Å²) in [5, 5.41) is 0.503. The van der Waals surface area contributed by atoms with Gasteiger partial charge < -0.3 is 4.74 Å². The van der Waals surface area contributed by atoms with Crippen molar-refractivity contribution >= 4 is 23.4 Å². The van der Waals surface area contributed by atoms with Crippen molar-refractivity contribution in [2.75, 3.05) is 0 Å². The van der Waals surface area contributed by atoms with Crippen LogP contribution in [-0.2, 0) is 4.79 Å². The maximum Gasteiger partial charge on any atom is 0.240 e. The van der Waals surface area contributed by atoms with E-state index in [1.165, 1.54) is 6.08 Å². The summed E-state index contributed by atoms with van der Waals surface area (Å²) >= 11 is 5.88. The molecule has 0 N–H and O–H groups in total. The third-order valence-corrected chi connectivity index (χ3v) is 1.76. The van der Waals surface area contributed by atoms with Crippen LogP contribution in [0.25, 0.3) is 0 Å². The molecule has 0 radical (unpaired) electrons. The van der Waals surface area contributed by atoms with Crippen molar-refractivity contribution < 1.29 is 9.53 Å². The van der Waals surface area contributed by atoms with Crippen LogP contribution in [0.2, 0.25) is 5.02 Å². The van der Waals surface area contributed by atoms with Gasteiger partial charge in [0, 0.05) is 6.07 Å². The molecule has 1 aromatic carbocycles. The summed E-state index contributed by atoms with van der Waals surface area (Å²) in [6.45, 7) is 3.79. The third kappa shape index (κ3) is 2.87. The lowest BCUT2D eigenvalue weighted by atomic mass is 10.3. The molecule has 4 heteroatoms. The molecule has 0 spiro atoms. The van der Waals surface area contributed by atoms with Crippen molar-refractivity contribution in [2.24, 2.45) is 4.99 Å². The van der Waals surface area contributed by atoms with E-state index in [0.717, 1.165) is 0 Å². The molecule has 0 unspecified atom stereocenters. The molecule has 74 valence electrons. The number of carbonyl (C=O) groups excluding carboxylic acids is 1. The largest absolute Gasteiger partial charge is 0.489 e. The smallest absolute Gasteiger partial charge is 0.240 e. The molecular formula is C10H10ClNO2. The maximum absolute atomic E-state index is 10.0. The molecule has 0 aliphatic heterocycles. The van der Waals surface area contributed by atoms with Gasteiger partial charge in [0.15, 0.2) is 0 Å². The fourth-order valence-corrected chi connectivity index (χ4v) is 1.12. The van der Waals surface area contributed by atoms with Crippen molar-refractivity contribution in [1.29, 1.82) is 0 Å². The summed E-state index contributed by atoms with van der Waals surface area (Å²) in [5.41, 5.74) is 0.486. The van der Waals surface area contributed by atoms with Crippen LogP contribution in [0.4, 0.5) is 5.69 Å². The molecule has 0 bridgehead atoms. The van der Waals surface area contributed by atoms with E-state index in [1.54, 1.807) is 18.2 Å². The normalized spacial score (nSPS) is 9.71. The molecule has 0 saturated carbocycles. The van der Waals surface area contributed by atoms with Crippen molar-refractivity contribution in [1.82, 2.24) is 0 Å². The zero-order valence-electron chi connectivity index (χ0n) is 7.95. The van der Waals surface area contributed by atoms with Gasteiger partial charge in [-0.2, -0.15) is 4.99 Å². The number of hydrogen-bond acceptors (Lipinski definition) is 3. The number of benzene rings is 1. The van der Waals surface area contributed by atoms with Gasteiger partial charge in [-0.25, -0.2) is 4.79 Å². The second kappa shape index (κ2) is 4.80. The predicted molar refractivity (Wildman–Crippen MR) is 55.0 cm³/mol. The fraction of sp³-hybridized carbons (Fsp3) is 0.300. The number of aliphatic imine (C=N–C) groups is 1. The Morgan fingerprint density at radius 1 is 1.50 bits per heavy atom. The van der Waals surface area contributed by atoms with E-state index in [4.69, 9.17) is 16.3 Å². The highest BCUT2D eigenvalue weighted by molar-refractivity contribution is 6.32. The summed E-state index contributed by atoms with van der Waals surface area (Å²) in [5.74, 6) is 0.526. The van der Waals surface area contributed by atoms with Crippen molar-refractivity contribution in [3.8, 4) is 5.75 Å². The highest BCUT2D eigenvalue weighted by Crippen LogP contribution is 2.29. The number of halogens is 1. The van der Waals surface area contributed by atoms with Gasteiger partial charge in [0.2, 0.25) is 6.08 Å². The molecular weight excluding hydrogens is 202 g/mol. The molecule has 14 heavy (non-hydrogen) atoms. The Morgan fingerprint density at radius 3 is 2.79 bits per heavy atom. The van der Waals surface area contributed by atoms with E-state index in [0.29, 0.717) is 16.5 Å². The third-order valence-electron chi connectivity index (χ3n) is 1.45. The molecule has 0 saturated heterocycles. The van der Waals surface area contributed by atoms with E-state index in [2.05, 4.69) is 4.99 Å². The van der Waals surface area contributed by atoms with Gasteiger partial charge in [-0.05, 0) is 26.0 Å². The van der Waals surface area contributed by atoms with Crippen LogP contribution < -0.4 is 4.74 Å². The average molecular weight is 212 g/mol. The minimum absolute atomic E-state index is 0.0305. The summed E-state index contributed by atoms with van der Waals surface area (Å²) in [7, 11) is 0. The number of isocyanates is 1. The van der Waals surface area contributed by atoms with E-state index in [1.807, 2.05) is 13.8 Å².